The first-order valence-electron chi connectivity index (χ1n) is 0.873. The van der Waals surface area contributed by atoms with E-state index in [0.717, 1.165) is 0 Å². The summed E-state index contributed by atoms with van der Waals surface area (Å²) >= 11 is 0. The van der Waals surface area contributed by atoms with Crippen LogP contribution in [0.4, 0.5) is 17.3 Å². The summed E-state index contributed by atoms with van der Waals surface area (Å²) < 4.78 is 39.0. The third-order valence-electron chi connectivity index (χ3n) is 0. The zero-order valence-electron chi connectivity index (χ0n) is 2.09. The number of rotatable bonds is 0. The number of halogens is 4. The molecule has 0 fully saturated rings. The minimum absolute atomic E-state index is 0. The molecule has 6 heavy (non-hydrogen) atoms. The van der Waals surface area contributed by atoms with Crippen LogP contribution in [0.25, 0.3) is 0 Å². The molecule has 0 heterocycles. The molecule has 0 saturated carbocycles. The first-order valence-corrected chi connectivity index (χ1v) is 0.873. The van der Waals surface area contributed by atoms with Crippen molar-refractivity contribution in [2.24, 2.45) is 0 Å². The topological polar surface area (TPSA) is 0 Å². The quantitative estimate of drug-likeness (QED) is 0.373. The van der Waals surface area contributed by atoms with Crippen molar-refractivity contribution in [2.45, 2.75) is 0 Å². The molecule has 0 aromatic rings. The van der Waals surface area contributed by atoms with Crippen LogP contribution < -0.4 is 0 Å². The molecule has 0 aliphatic heterocycles. The van der Waals surface area contributed by atoms with E-state index in [9.17, 15) is 17.3 Å². The normalized spacial score (nSPS) is 10.0. The van der Waals surface area contributed by atoms with Crippen LogP contribution in [-0.4, -0.2) is 65.4 Å². The van der Waals surface area contributed by atoms with Crippen LogP contribution in [0.1, 0.15) is 0 Å². The van der Waals surface area contributed by atoms with E-state index in [2.05, 4.69) is 0 Å². The third kappa shape index (κ3) is 46.6. The molecule has 0 amide bonds. The predicted molar refractivity (Wildman–Crippen MR) is 17.3 cm³/mol. The molecule has 0 aliphatic carbocycles. The predicted octanol–water partition coefficient (Wildman–Crippen LogP) is 0.651. The Balaban J connectivity index is 0. The average molecular weight is 173 g/mol. The van der Waals surface area contributed by atoms with Gasteiger partial charge in [0.15, 0.2) is 0 Å². The molecule has 0 N–H and O–H groups in total. The fraction of sp³-hybridized carbons (Fsp3) is 0. The van der Waals surface area contributed by atoms with Gasteiger partial charge in [-0.3, -0.25) is 0 Å². The molecule has 0 rings (SSSR count). The van der Waals surface area contributed by atoms with Crippen molar-refractivity contribution in [3.05, 3.63) is 0 Å². The Hall–Kier alpha value is 1.59. The number of hydrogen-bond donors (Lipinski definition) is 0. The van der Waals surface area contributed by atoms with Gasteiger partial charge in [-0.25, -0.2) is 0 Å². The van der Waals surface area contributed by atoms with Crippen LogP contribution in [0.15, 0.2) is 0 Å². The molecule has 0 unspecified atom stereocenters. The van der Waals surface area contributed by atoms with E-state index in [1.165, 1.54) is 0 Å². The van der Waals surface area contributed by atoms with Crippen molar-refractivity contribution in [3.8, 4) is 0 Å². The summed E-state index contributed by atoms with van der Waals surface area (Å²) in [6.45, 7) is 0. The minimum atomic E-state index is -6.00. The van der Waals surface area contributed by atoms with Gasteiger partial charge >= 0.3 is 65.4 Å². The van der Waals surface area contributed by atoms with Gasteiger partial charge in [-0.1, -0.05) is 0 Å². The Morgan fingerprint density at radius 2 is 0.833 bits per heavy atom. The van der Waals surface area contributed by atoms with Crippen molar-refractivity contribution in [1.29, 1.82) is 0 Å². The Morgan fingerprint density at radius 1 is 0.833 bits per heavy atom. The monoisotopic (exact) mass is 173 g/mol. The Bertz CT molecular complexity index is 23.0. The molecule has 6 heteroatoms. The van der Waals surface area contributed by atoms with Crippen LogP contribution in [0.3, 0.4) is 0 Å². The second-order valence-electron chi connectivity index (χ2n) is 0.495. The van der Waals surface area contributed by atoms with Gasteiger partial charge in [0.2, 0.25) is 0 Å². The third-order valence-corrected chi connectivity index (χ3v) is 0. The van der Waals surface area contributed by atoms with Gasteiger partial charge in [0.25, 0.3) is 0 Å². The Labute approximate surface area is 81.2 Å². The van der Waals surface area contributed by atoms with E-state index in [4.69, 9.17) is 0 Å². The summed E-state index contributed by atoms with van der Waals surface area (Å²) in [6, 6.07) is 0. The van der Waals surface area contributed by atoms with Gasteiger partial charge in [0.05, 0.1) is 0 Å². The molecule has 0 aromatic carbocycles. The molecule has 0 radical (unpaired) electrons. The van der Waals surface area contributed by atoms with E-state index < -0.39 is 7.25 Å². The Morgan fingerprint density at radius 3 is 0.833 bits per heavy atom. The van der Waals surface area contributed by atoms with Gasteiger partial charge in [-0.15, -0.1) is 0 Å². The van der Waals surface area contributed by atoms with Gasteiger partial charge < -0.3 is 17.3 Å². The van der Waals surface area contributed by atoms with Gasteiger partial charge in [-0.05, 0) is 0 Å². The van der Waals surface area contributed by atoms with Gasteiger partial charge in [-0.2, -0.15) is 0 Å². The van der Waals surface area contributed by atoms with Crippen LogP contribution in [0.5, 0.6) is 0 Å². The van der Waals surface area contributed by atoms with E-state index >= 15 is 0 Å². The molecular formula is HBF4Rb-. The molecule has 0 bridgehead atoms. The summed E-state index contributed by atoms with van der Waals surface area (Å²) in [7, 11) is -6.00. The summed E-state index contributed by atoms with van der Waals surface area (Å²) in [5.41, 5.74) is 0. The van der Waals surface area contributed by atoms with Crippen molar-refractivity contribution in [3.63, 3.8) is 0 Å². The van der Waals surface area contributed by atoms with Crippen molar-refractivity contribution in [1.82, 2.24) is 0 Å². The van der Waals surface area contributed by atoms with Crippen LogP contribution >= 0.6 is 0 Å². The summed E-state index contributed by atoms with van der Waals surface area (Å²) in [5.74, 6) is 0. The molecule has 0 saturated heterocycles. The molecule has 0 atom stereocenters. The number of hydrogen-bond acceptors (Lipinski definition) is 0. The second kappa shape index (κ2) is 3.57. The second-order valence-corrected chi connectivity index (χ2v) is 0.495. The van der Waals surface area contributed by atoms with Crippen LogP contribution in [0, 0.1) is 0 Å². The zero-order chi connectivity index (χ0) is 4.50. The molecule has 0 spiro atoms. The fourth-order valence-corrected chi connectivity index (χ4v) is 0. The van der Waals surface area contributed by atoms with E-state index in [-0.39, 0.29) is 58.2 Å². The van der Waals surface area contributed by atoms with E-state index in [0.29, 0.717) is 0 Å². The van der Waals surface area contributed by atoms with Crippen molar-refractivity contribution < 1.29 is 17.3 Å². The summed E-state index contributed by atoms with van der Waals surface area (Å²) in [6.07, 6.45) is 0. The van der Waals surface area contributed by atoms with Crippen LogP contribution in [-0.2, 0) is 0 Å². The first kappa shape index (κ1) is 10.5. The van der Waals surface area contributed by atoms with Crippen LogP contribution in [0.2, 0.25) is 0 Å². The fourth-order valence-electron chi connectivity index (χ4n) is 0. The van der Waals surface area contributed by atoms with Gasteiger partial charge in [0.1, 0.15) is 0 Å². The van der Waals surface area contributed by atoms with Crippen molar-refractivity contribution in [2.75, 3.05) is 0 Å². The molecule has 0 aliphatic rings. The maximum atomic E-state index is 9.75. The van der Waals surface area contributed by atoms with Crippen molar-refractivity contribution >= 4 is 65.4 Å². The SMILES string of the molecule is F[B-](F)(F)F.[RbH]. The zero-order valence-corrected chi connectivity index (χ0v) is 2.09. The van der Waals surface area contributed by atoms with E-state index in [1.807, 2.05) is 0 Å². The molecule has 0 nitrogen and oxygen atoms in total. The molecule has 0 aromatic heterocycles. The standard InChI is InChI=1S/BF4.Rb.H/c2-1(3,4)5;;/q-1;;. The van der Waals surface area contributed by atoms with Gasteiger partial charge in [0, 0.05) is 0 Å². The Kier molecular flexibility index (Phi) is 6.28. The maximum absolute atomic E-state index is 9.75. The first-order chi connectivity index (χ1) is 2.00. The summed E-state index contributed by atoms with van der Waals surface area (Å²) in [5, 5.41) is 0. The molecule has 34 valence electrons. The molecular weight excluding hydrogens is 172 g/mol. The average Bonchev–Trinajstić information content (AvgIpc) is 0.722. The van der Waals surface area contributed by atoms with E-state index in [1.54, 1.807) is 0 Å². The summed E-state index contributed by atoms with van der Waals surface area (Å²) in [4.78, 5) is 0.